The van der Waals surface area contributed by atoms with Crippen molar-refractivity contribution in [3.63, 3.8) is 0 Å². The molecule has 0 aliphatic carbocycles. The molecule has 0 saturated heterocycles. The molecule has 1 rings (SSSR count). The van der Waals surface area contributed by atoms with Crippen LogP contribution in [0.15, 0.2) is 46.9 Å². The van der Waals surface area contributed by atoms with Crippen molar-refractivity contribution in [2.45, 2.75) is 69.1 Å². The Bertz CT molecular complexity index is 767. The van der Waals surface area contributed by atoms with E-state index in [1.807, 2.05) is 0 Å². The monoisotopic (exact) mass is 410 g/mol. The molecule has 0 spiro atoms. The second kappa shape index (κ2) is 11.6. The molecule has 1 unspecified atom stereocenters. The minimum absolute atomic E-state index is 0.0702. The number of benzene rings is 1. The molecule has 0 aliphatic rings. The lowest BCUT2D eigenvalue weighted by atomic mass is 10.0. The van der Waals surface area contributed by atoms with Crippen molar-refractivity contribution in [2.24, 2.45) is 0 Å². The average molecular weight is 411 g/mol. The van der Waals surface area contributed by atoms with Crippen LogP contribution in [0.3, 0.4) is 0 Å². The van der Waals surface area contributed by atoms with Crippen molar-refractivity contribution in [1.82, 2.24) is 0 Å². The number of unbranched alkanes of at least 4 members (excludes halogenated alkanes) is 3. The summed E-state index contributed by atoms with van der Waals surface area (Å²) >= 11 is 0. The van der Waals surface area contributed by atoms with Crippen molar-refractivity contribution in [3.05, 3.63) is 42.0 Å². The summed E-state index contributed by atoms with van der Waals surface area (Å²) in [7, 11) is -2.59. The fraction of sp³-hybridized carbons (Fsp3) is 0.524. The van der Waals surface area contributed by atoms with E-state index in [-0.39, 0.29) is 4.90 Å². The van der Waals surface area contributed by atoms with E-state index in [0.29, 0.717) is 12.0 Å². The maximum atomic E-state index is 12.7. The molecule has 28 heavy (non-hydrogen) atoms. The van der Waals surface area contributed by atoms with Crippen LogP contribution in [0.25, 0.3) is 0 Å². The van der Waals surface area contributed by atoms with E-state index in [9.17, 15) is 18.0 Å². The van der Waals surface area contributed by atoms with E-state index in [1.165, 1.54) is 32.2 Å². The van der Waals surface area contributed by atoms with Gasteiger partial charge in [0.1, 0.15) is 6.10 Å². The van der Waals surface area contributed by atoms with Crippen LogP contribution in [0.4, 0.5) is 0 Å². The van der Waals surface area contributed by atoms with Gasteiger partial charge in [0.2, 0.25) is 0 Å². The zero-order chi connectivity index (χ0) is 21.2. The number of hydrogen-bond acceptors (Lipinski definition) is 6. The SMILES string of the molecule is CCCCCC[C@@H](OC(=O)C(C)S(=O)(=O)c1ccccc1)/C(C)=C/C(=O)OC. The lowest BCUT2D eigenvalue weighted by Crippen LogP contribution is -2.33. The fourth-order valence-corrected chi connectivity index (χ4v) is 3.90. The lowest BCUT2D eigenvalue weighted by Gasteiger charge is -2.21. The lowest BCUT2D eigenvalue weighted by molar-refractivity contribution is -0.147. The molecular formula is C21H30O6S. The average Bonchev–Trinajstić information content (AvgIpc) is 2.69. The Morgan fingerprint density at radius 3 is 2.32 bits per heavy atom. The summed E-state index contributed by atoms with van der Waals surface area (Å²) in [6.07, 6.45) is 5.01. The topological polar surface area (TPSA) is 86.7 Å². The van der Waals surface area contributed by atoms with E-state index >= 15 is 0 Å². The molecule has 0 radical (unpaired) electrons. The number of methoxy groups -OCH3 is 1. The Labute approximate surface area is 167 Å². The highest BCUT2D eigenvalue weighted by Crippen LogP contribution is 2.21. The molecule has 7 heteroatoms. The first-order valence-electron chi connectivity index (χ1n) is 9.49. The van der Waals surface area contributed by atoms with E-state index < -0.39 is 33.1 Å². The maximum absolute atomic E-state index is 12.7. The molecule has 6 nitrogen and oxygen atoms in total. The van der Waals surface area contributed by atoms with Crippen molar-refractivity contribution in [2.75, 3.05) is 7.11 Å². The minimum Gasteiger partial charge on any atom is -0.466 e. The van der Waals surface area contributed by atoms with Gasteiger partial charge in [0.25, 0.3) is 0 Å². The number of carbonyl (C=O) groups excluding carboxylic acids is 2. The van der Waals surface area contributed by atoms with Gasteiger partial charge in [0, 0.05) is 6.08 Å². The first kappa shape index (κ1) is 23.9. The second-order valence-corrected chi connectivity index (χ2v) is 8.96. The van der Waals surface area contributed by atoms with Gasteiger partial charge in [-0.25, -0.2) is 13.2 Å². The van der Waals surface area contributed by atoms with Crippen LogP contribution < -0.4 is 0 Å². The number of sulfone groups is 1. The van der Waals surface area contributed by atoms with Crippen LogP contribution in [0, 0.1) is 0 Å². The van der Waals surface area contributed by atoms with Gasteiger partial charge in [-0.2, -0.15) is 0 Å². The van der Waals surface area contributed by atoms with Crippen LogP contribution in [-0.4, -0.2) is 38.8 Å². The summed E-state index contributed by atoms with van der Waals surface area (Å²) in [5.41, 5.74) is 0.529. The molecule has 0 aliphatic heterocycles. The minimum atomic E-state index is -3.85. The summed E-state index contributed by atoms with van der Waals surface area (Å²) in [5, 5.41) is -1.35. The third kappa shape index (κ3) is 7.11. The van der Waals surface area contributed by atoms with Gasteiger partial charge in [0.05, 0.1) is 12.0 Å². The molecule has 2 atom stereocenters. The Balaban J connectivity index is 2.94. The number of esters is 2. The van der Waals surface area contributed by atoms with Crippen LogP contribution >= 0.6 is 0 Å². The molecule has 156 valence electrons. The van der Waals surface area contributed by atoms with Gasteiger partial charge < -0.3 is 9.47 Å². The Morgan fingerprint density at radius 2 is 1.75 bits per heavy atom. The highest BCUT2D eigenvalue weighted by Gasteiger charge is 2.32. The van der Waals surface area contributed by atoms with Gasteiger partial charge in [0.15, 0.2) is 15.1 Å². The van der Waals surface area contributed by atoms with Crippen molar-refractivity contribution >= 4 is 21.8 Å². The first-order valence-corrected chi connectivity index (χ1v) is 11.0. The third-order valence-electron chi connectivity index (χ3n) is 4.50. The fourth-order valence-electron chi connectivity index (χ4n) is 2.65. The number of rotatable bonds is 11. The van der Waals surface area contributed by atoms with Gasteiger partial charge in [-0.05, 0) is 44.4 Å². The third-order valence-corrected chi connectivity index (χ3v) is 6.55. The zero-order valence-corrected chi connectivity index (χ0v) is 17.8. The maximum Gasteiger partial charge on any atom is 0.330 e. The molecule has 0 aromatic heterocycles. The van der Waals surface area contributed by atoms with Crippen LogP contribution in [-0.2, 0) is 28.9 Å². The second-order valence-electron chi connectivity index (χ2n) is 6.69. The molecule has 0 fully saturated rings. The predicted octanol–water partition coefficient (Wildman–Crippen LogP) is 3.85. The predicted molar refractivity (Wildman–Crippen MR) is 108 cm³/mol. The Hall–Kier alpha value is -2.15. The van der Waals surface area contributed by atoms with Crippen molar-refractivity contribution < 1.29 is 27.5 Å². The number of hydrogen-bond donors (Lipinski definition) is 0. The van der Waals surface area contributed by atoms with E-state index in [1.54, 1.807) is 25.1 Å². The number of carbonyl (C=O) groups is 2. The molecule has 0 saturated carbocycles. The molecular weight excluding hydrogens is 380 g/mol. The highest BCUT2D eigenvalue weighted by molar-refractivity contribution is 7.92. The van der Waals surface area contributed by atoms with Crippen LogP contribution in [0.2, 0.25) is 0 Å². The number of ether oxygens (including phenoxy) is 2. The van der Waals surface area contributed by atoms with Crippen molar-refractivity contribution in [3.8, 4) is 0 Å². The van der Waals surface area contributed by atoms with Gasteiger partial charge in [-0.15, -0.1) is 0 Å². The van der Waals surface area contributed by atoms with Crippen molar-refractivity contribution in [1.29, 1.82) is 0 Å². The van der Waals surface area contributed by atoms with Gasteiger partial charge in [-0.1, -0.05) is 44.4 Å². The van der Waals surface area contributed by atoms with Crippen LogP contribution in [0.5, 0.6) is 0 Å². The Kier molecular flexibility index (Phi) is 9.93. The molecule has 0 bridgehead atoms. The molecule has 0 heterocycles. The summed E-state index contributed by atoms with van der Waals surface area (Å²) in [6, 6.07) is 7.80. The normalized spacial score (nSPS) is 14.2. The van der Waals surface area contributed by atoms with Crippen LogP contribution in [0.1, 0.15) is 52.9 Å². The molecule has 1 aromatic rings. The standard InChI is InChI=1S/C21H30O6S/c1-5-6-7-11-14-19(16(2)15-20(22)26-4)27-21(23)17(3)28(24,25)18-12-9-8-10-13-18/h8-10,12-13,15,17,19H,5-7,11,14H2,1-4H3/b16-15+/t17?,19-/m1/s1. The van der Waals surface area contributed by atoms with E-state index in [2.05, 4.69) is 11.7 Å². The largest absolute Gasteiger partial charge is 0.466 e. The highest BCUT2D eigenvalue weighted by atomic mass is 32.2. The smallest absolute Gasteiger partial charge is 0.330 e. The molecule has 1 aromatic carbocycles. The van der Waals surface area contributed by atoms with E-state index in [0.717, 1.165) is 25.7 Å². The van der Waals surface area contributed by atoms with E-state index in [4.69, 9.17) is 4.74 Å². The van der Waals surface area contributed by atoms with Gasteiger partial charge in [-0.3, -0.25) is 4.79 Å². The summed E-state index contributed by atoms with van der Waals surface area (Å²) < 4.78 is 35.5. The summed E-state index contributed by atoms with van der Waals surface area (Å²) in [4.78, 5) is 24.2. The van der Waals surface area contributed by atoms with Gasteiger partial charge >= 0.3 is 11.9 Å². The Morgan fingerprint density at radius 1 is 1.11 bits per heavy atom. The summed E-state index contributed by atoms with van der Waals surface area (Å²) in [6.45, 7) is 5.08. The zero-order valence-electron chi connectivity index (χ0n) is 17.0. The molecule has 0 N–H and O–H groups in total. The molecule has 0 amide bonds. The first-order chi connectivity index (χ1) is 13.2. The summed E-state index contributed by atoms with van der Waals surface area (Å²) in [5.74, 6) is -1.38. The quantitative estimate of drug-likeness (QED) is 0.313.